The first-order chi connectivity index (χ1) is 16.7. The van der Waals surface area contributed by atoms with Gasteiger partial charge in [0.05, 0.1) is 15.9 Å². The number of anilines is 2. The van der Waals surface area contributed by atoms with Crippen LogP contribution in [0, 0.1) is 5.92 Å². The fourth-order valence-corrected chi connectivity index (χ4v) is 5.23. The molecule has 0 saturated heterocycles. The van der Waals surface area contributed by atoms with Gasteiger partial charge in [-0.15, -0.1) is 5.10 Å². The number of benzene rings is 2. The number of carboxylic acids is 1. The number of aliphatic carboxylic acids is 1. The summed E-state index contributed by atoms with van der Waals surface area (Å²) < 4.78 is 28.9. The van der Waals surface area contributed by atoms with Crippen LogP contribution in [0.4, 0.5) is 11.7 Å². The molecule has 1 aliphatic rings. The maximum Gasteiger partial charge on any atom is 0.320 e. The molecule has 1 fully saturated rings. The molecule has 3 N–H and O–H groups in total. The monoisotopic (exact) mass is 495 g/mol. The lowest BCUT2D eigenvalue weighted by molar-refractivity contribution is -0.138. The zero-order chi connectivity index (χ0) is 24.6. The van der Waals surface area contributed by atoms with Gasteiger partial charge in [-0.25, -0.2) is 13.4 Å². The predicted molar refractivity (Wildman–Crippen MR) is 129 cm³/mol. The van der Waals surface area contributed by atoms with Gasteiger partial charge in [-0.3, -0.25) is 4.79 Å². The van der Waals surface area contributed by atoms with E-state index in [1.807, 2.05) is 6.07 Å². The molecule has 0 spiro atoms. The Morgan fingerprint density at radius 2 is 1.86 bits per heavy atom. The van der Waals surface area contributed by atoms with E-state index in [2.05, 4.69) is 37.6 Å². The van der Waals surface area contributed by atoms with Crippen LogP contribution in [0.5, 0.6) is 0 Å². The molecule has 2 aromatic carbocycles. The second-order valence-corrected chi connectivity index (χ2v) is 11.0. The minimum absolute atomic E-state index is 0.159. The van der Waals surface area contributed by atoms with Crippen molar-refractivity contribution in [3.63, 3.8) is 0 Å². The van der Waals surface area contributed by atoms with Crippen molar-refractivity contribution in [1.82, 2.24) is 20.2 Å². The summed E-state index contributed by atoms with van der Waals surface area (Å²) in [6.45, 7) is 0. The number of imidazole rings is 1. The molecule has 4 aromatic rings. The summed E-state index contributed by atoms with van der Waals surface area (Å²) in [7, 11) is -3.27. The summed E-state index contributed by atoms with van der Waals surface area (Å²) in [5.74, 6) is 0.630. The quantitative estimate of drug-likeness (QED) is 0.336. The Bertz CT molecular complexity index is 1470. The highest BCUT2D eigenvalue weighted by Crippen LogP contribution is 2.38. The molecule has 2 heterocycles. The largest absolute Gasteiger partial charge is 0.481 e. The number of aromatic amines is 1. The Morgan fingerprint density at radius 1 is 1.11 bits per heavy atom. The van der Waals surface area contributed by atoms with Crippen molar-refractivity contribution in [2.45, 2.75) is 42.9 Å². The lowest BCUT2D eigenvalue weighted by atomic mass is 9.77. The van der Waals surface area contributed by atoms with Crippen LogP contribution in [0.1, 0.15) is 43.6 Å². The van der Waals surface area contributed by atoms with Crippen molar-refractivity contribution >= 4 is 38.5 Å². The first-order valence-corrected chi connectivity index (χ1v) is 13.3. The summed E-state index contributed by atoms with van der Waals surface area (Å²) in [4.78, 5) is 19.0. The lowest BCUT2D eigenvalue weighted by Gasteiger charge is -2.27. The molecule has 11 heteroatoms. The van der Waals surface area contributed by atoms with Gasteiger partial charge in [0.25, 0.3) is 5.89 Å². The van der Waals surface area contributed by atoms with Crippen molar-refractivity contribution in [3.05, 3.63) is 48.0 Å². The highest BCUT2D eigenvalue weighted by atomic mass is 32.2. The summed E-state index contributed by atoms with van der Waals surface area (Å²) >= 11 is 0. The SMILES string of the molecule is CS(=O)(=O)c1ccc(Nc2nnc(-c3nc4cc(C5CCC(CC(=O)O)CC5)ccc4[nH]3)o2)cc1. The average Bonchev–Trinajstić information content (AvgIpc) is 3.45. The molecule has 2 aromatic heterocycles. The number of H-pyrrole nitrogens is 1. The molecule has 0 amide bonds. The summed E-state index contributed by atoms with van der Waals surface area (Å²) in [5.41, 5.74) is 3.47. The van der Waals surface area contributed by atoms with Crippen molar-refractivity contribution in [2.75, 3.05) is 11.6 Å². The highest BCUT2D eigenvalue weighted by molar-refractivity contribution is 7.90. The van der Waals surface area contributed by atoms with Gasteiger partial charge in [0.2, 0.25) is 0 Å². The Morgan fingerprint density at radius 3 is 2.54 bits per heavy atom. The van der Waals surface area contributed by atoms with Crippen LogP contribution in [0.25, 0.3) is 22.7 Å². The zero-order valence-electron chi connectivity index (χ0n) is 19.1. The van der Waals surface area contributed by atoms with Gasteiger partial charge in [0.15, 0.2) is 15.7 Å². The van der Waals surface area contributed by atoms with Crippen LogP contribution in [0.3, 0.4) is 0 Å². The zero-order valence-corrected chi connectivity index (χ0v) is 19.9. The topological polar surface area (TPSA) is 151 Å². The fourth-order valence-electron chi connectivity index (χ4n) is 4.60. The Balaban J connectivity index is 1.28. The van der Waals surface area contributed by atoms with E-state index in [0.29, 0.717) is 17.4 Å². The van der Waals surface area contributed by atoms with Crippen LogP contribution in [-0.2, 0) is 14.6 Å². The van der Waals surface area contributed by atoms with E-state index in [1.54, 1.807) is 12.1 Å². The third-order valence-electron chi connectivity index (χ3n) is 6.45. The molecule has 0 radical (unpaired) electrons. The number of nitrogens with zero attached hydrogens (tertiary/aromatic N) is 3. The lowest BCUT2D eigenvalue weighted by Crippen LogP contribution is -2.16. The number of nitrogens with one attached hydrogen (secondary N) is 2. The molecule has 0 atom stereocenters. The molecule has 10 nitrogen and oxygen atoms in total. The summed E-state index contributed by atoms with van der Waals surface area (Å²) in [5, 5.41) is 20.0. The second kappa shape index (κ2) is 9.14. The molecule has 0 aliphatic heterocycles. The first kappa shape index (κ1) is 23.0. The van der Waals surface area contributed by atoms with E-state index in [-0.39, 0.29) is 29.1 Å². The smallest absolute Gasteiger partial charge is 0.320 e. The minimum atomic E-state index is -3.27. The number of carbonyl (C=O) groups is 1. The Labute approximate surface area is 201 Å². The van der Waals surface area contributed by atoms with E-state index < -0.39 is 15.8 Å². The third-order valence-corrected chi connectivity index (χ3v) is 7.58. The van der Waals surface area contributed by atoms with Crippen LogP contribution in [-0.4, -0.2) is 45.9 Å². The van der Waals surface area contributed by atoms with E-state index in [9.17, 15) is 13.2 Å². The number of hydrogen-bond acceptors (Lipinski definition) is 8. The van der Waals surface area contributed by atoms with E-state index >= 15 is 0 Å². The van der Waals surface area contributed by atoms with Crippen LogP contribution < -0.4 is 5.32 Å². The summed E-state index contributed by atoms with van der Waals surface area (Å²) in [6, 6.07) is 12.6. The molecular formula is C24H25N5O5S. The van der Waals surface area contributed by atoms with Gasteiger partial charge < -0.3 is 19.8 Å². The maximum absolute atomic E-state index is 11.6. The standard InChI is InChI=1S/C24H25N5O5S/c1-35(32,33)18-9-7-17(8-10-18)25-24-29-28-23(34-24)22-26-19-11-6-16(13-20(19)27-22)15-4-2-14(3-5-15)12-21(30)31/h6-11,13-15H,2-5,12H2,1H3,(H,25,29)(H,26,27)(H,30,31). The van der Waals surface area contributed by atoms with E-state index in [0.717, 1.165) is 43.0 Å². The van der Waals surface area contributed by atoms with Crippen molar-refractivity contribution in [2.24, 2.45) is 5.92 Å². The van der Waals surface area contributed by atoms with Crippen LogP contribution >= 0.6 is 0 Å². The molecular weight excluding hydrogens is 470 g/mol. The average molecular weight is 496 g/mol. The first-order valence-electron chi connectivity index (χ1n) is 11.4. The number of aromatic nitrogens is 4. The summed E-state index contributed by atoms with van der Waals surface area (Å²) in [6.07, 6.45) is 5.21. The normalized spacial score (nSPS) is 18.5. The Kier molecular flexibility index (Phi) is 6.01. The van der Waals surface area contributed by atoms with Gasteiger partial charge in [0.1, 0.15) is 0 Å². The predicted octanol–water partition coefficient (Wildman–Crippen LogP) is 4.51. The van der Waals surface area contributed by atoms with E-state index in [1.165, 1.54) is 17.7 Å². The molecule has 35 heavy (non-hydrogen) atoms. The second-order valence-electron chi connectivity index (χ2n) is 9.01. The fraction of sp³-hybridized carbons (Fsp3) is 0.333. The van der Waals surface area contributed by atoms with Gasteiger partial charge in [0, 0.05) is 18.4 Å². The number of sulfone groups is 1. The van der Waals surface area contributed by atoms with Crippen LogP contribution in [0.2, 0.25) is 0 Å². The minimum Gasteiger partial charge on any atom is -0.481 e. The number of hydrogen-bond donors (Lipinski definition) is 3. The van der Waals surface area contributed by atoms with Gasteiger partial charge >= 0.3 is 12.0 Å². The Hall–Kier alpha value is -3.73. The third kappa shape index (κ3) is 5.19. The molecule has 182 valence electrons. The molecule has 1 saturated carbocycles. The van der Waals surface area contributed by atoms with Crippen molar-refractivity contribution < 1.29 is 22.7 Å². The number of rotatable bonds is 7. The number of fused-ring (bicyclic) bond motifs is 1. The molecule has 5 rings (SSSR count). The van der Waals surface area contributed by atoms with Crippen LogP contribution in [0.15, 0.2) is 51.8 Å². The molecule has 0 bridgehead atoms. The van der Waals surface area contributed by atoms with Gasteiger partial charge in [-0.2, -0.15) is 0 Å². The van der Waals surface area contributed by atoms with Gasteiger partial charge in [-0.1, -0.05) is 11.2 Å². The van der Waals surface area contributed by atoms with Crippen molar-refractivity contribution in [3.8, 4) is 11.7 Å². The molecule has 1 aliphatic carbocycles. The van der Waals surface area contributed by atoms with E-state index in [4.69, 9.17) is 9.52 Å². The highest BCUT2D eigenvalue weighted by Gasteiger charge is 2.24. The van der Waals surface area contributed by atoms with Gasteiger partial charge in [-0.05, 0) is 79.5 Å². The number of carboxylic acid groups (broad SMARTS) is 1. The maximum atomic E-state index is 11.6. The molecule has 0 unspecified atom stereocenters. The van der Waals surface area contributed by atoms with Crippen molar-refractivity contribution in [1.29, 1.82) is 0 Å².